The molecule has 1 aliphatic heterocycles. The summed E-state index contributed by atoms with van der Waals surface area (Å²) in [6.45, 7) is 2.51. The number of thiophene rings is 1. The average Bonchev–Trinajstić information content (AvgIpc) is 2.89. The molecule has 2 amide bonds. The fraction of sp³-hybridized carbons (Fsp3) is 0.200. The van der Waals surface area contributed by atoms with Crippen molar-refractivity contribution in [3.05, 3.63) is 45.6 Å². The molecule has 0 atom stereocenters. The summed E-state index contributed by atoms with van der Waals surface area (Å²) >= 11 is 1.62. The molecule has 0 fully saturated rings. The molecule has 5 nitrogen and oxygen atoms in total. The second-order valence-corrected chi connectivity index (χ2v) is 5.76. The smallest absolute Gasteiger partial charge is 0.262 e. The van der Waals surface area contributed by atoms with E-state index in [1.165, 1.54) is 5.56 Å². The van der Waals surface area contributed by atoms with Crippen molar-refractivity contribution in [2.45, 2.75) is 13.5 Å². The quantitative estimate of drug-likeness (QED) is 0.914. The summed E-state index contributed by atoms with van der Waals surface area (Å²) in [7, 11) is 0. The second-order valence-electron chi connectivity index (χ2n) is 4.76. The first-order chi connectivity index (χ1) is 10.1. The Labute approximate surface area is 125 Å². The molecular formula is C15H14N2O3S. The Morgan fingerprint density at radius 2 is 2.29 bits per heavy atom. The van der Waals surface area contributed by atoms with Gasteiger partial charge in [0.2, 0.25) is 0 Å². The summed E-state index contributed by atoms with van der Waals surface area (Å²) in [5.41, 5.74) is 2.28. The number of hydrogen-bond donors (Lipinski definition) is 2. The van der Waals surface area contributed by atoms with Gasteiger partial charge in [-0.15, -0.1) is 11.3 Å². The standard InChI is InChI=1S/C15H14N2O3S/c1-9-4-5-21-13(9)7-16-15(19)10-2-3-11-12(6-10)20-8-14(18)17-11/h2-6H,7-8H2,1H3,(H,16,19)(H,17,18). The number of aryl methyl sites for hydroxylation is 1. The minimum Gasteiger partial charge on any atom is -0.482 e. The molecule has 2 heterocycles. The molecule has 1 aliphatic rings. The maximum absolute atomic E-state index is 12.2. The van der Waals surface area contributed by atoms with E-state index in [0.717, 1.165) is 4.88 Å². The Hall–Kier alpha value is -2.34. The first kappa shape index (κ1) is 13.6. The highest BCUT2D eigenvalue weighted by Crippen LogP contribution is 2.28. The molecule has 0 radical (unpaired) electrons. The Kier molecular flexibility index (Phi) is 3.62. The van der Waals surface area contributed by atoms with E-state index < -0.39 is 0 Å². The van der Waals surface area contributed by atoms with Gasteiger partial charge in [-0.25, -0.2) is 0 Å². The molecule has 0 spiro atoms. The third-order valence-electron chi connectivity index (χ3n) is 3.25. The van der Waals surface area contributed by atoms with Gasteiger partial charge in [-0.3, -0.25) is 9.59 Å². The molecule has 6 heteroatoms. The molecule has 2 aromatic rings. The van der Waals surface area contributed by atoms with Crippen molar-refractivity contribution in [1.82, 2.24) is 5.32 Å². The van der Waals surface area contributed by atoms with Crippen molar-refractivity contribution in [2.75, 3.05) is 11.9 Å². The lowest BCUT2D eigenvalue weighted by atomic mass is 10.1. The number of carbonyl (C=O) groups excluding carboxylic acids is 2. The van der Waals surface area contributed by atoms with Crippen LogP contribution in [0.3, 0.4) is 0 Å². The van der Waals surface area contributed by atoms with Gasteiger partial charge in [-0.2, -0.15) is 0 Å². The maximum Gasteiger partial charge on any atom is 0.262 e. The fourth-order valence-corrected chi connectivity index (χ4v) is 2.91. The molecule has 1 aromatic heterocycles. The van der Waals surface area contributed by atoms with Gasteiger partial charge in [0.15, 0.2) is 6.61 Å². The van der Waals surface area contributed by atoms with Crippen LogP contribution in [0.15, 0.2) is 29.6 Å². The monoisotopic (exact) mass is 302 g/mol. The molecule has 0 saturated carbocycles. The number of ether oxygens (including phenoxy) is 1. The van der Waals surface area contributed by atoms with Crippen LogP contribution in [-0.4, -0.2) is 18.4 Å². The van der Waals surface area contributed by atoms with E-state index in [2.05, 4.69) is 10.6 Å². The first-order valence-corrected chi connectivity index (χ1v) is 7.39. The highest BCUT2D eigenvalue weighted by atomic mass is 32.1. The third-order valence-corrected chi connectivity index (χ3v) is 4.28. The summed E-state index contributed by atoms with van der Waals surface area (Å²) in [5, 5.41) is 7.59. The zero-order valence-electron chi connectivity index (χ0n) is 11.4. The molecule has 108 valence electrons. The van der Waals surface area contributed by atoms with E-state index in [1.54, 1.807) is 29.5 Å². The Morgan fingerprint density at radius 3 is 3.05 bits per heavy atom. The maximum atomic E-state index is 12.2. The van der Waals surface area contributed by atoms with Crippen LogP contribution in [0.2, 0.25) is 0 Å². The van der Waals surface area contributed by atoms with Gasteiger partial charge in [0.05, 0.1) is 12.2 Å². The highest BCUT2D eigenvalue weighted by Gasteiger charge is 2.17. The van der Waals surface area contributed by atoms with Crippen LogP contribution < -0.4 is 15.4 Å². The summed E-state index contributed by atoms with van der Waals surface area (Å²) < 4.78 is 5.31. The normalized spacial score (nSPS) is 13.1. The number of carbonyl (C=O) groups is 2. The number of benzene rings is 1. The van der Waals surface area contributed by atoms with E-state index in [4.69, 9.17) is 4.74 Å². The van der Waals surface area contributed by atoms with Crippen LogP contribution in [0, 0.1) is 6.92 Å². The van der Waals surface area contributed by atoms with Crippen molar-refractivity contribution in [3.8, 4) is 5.75 Å². The molecule has 21 heavy (non-hydrogen) atoms. The van der Waals surface area contributed by atoms with Crippen molar-refractivity contribution in [2.24, 2.45) is 0 Å². The molecule has 0 saturated heterocycles. The summed E-state index contributed by atoms with van der Waals surface area (Å²) in [6, 6.07) is 7.02. The van der Waals surface area contributed by atoms with Crippen LogP contribution in [0.4, 0.5) is 5.69 Å². The molecular weight excluding hydrogens is 288 g/mol. The Morgan fingerprint density at radius 1 is 1.43 bits per heavy atom. The summed E-state index contributed by atoms with van der Waals surface area (Å²) in [6.07, 6.45) is 0. The highest BCUT2D eigenvalue weighted by molar-refractivity contribution is 7.10. The summed E-state index contributed by atoms with van der Waals surface area (Å²) in [5.74, 6) is 0.175. The van der Waals surface area contributed by atoms with E-state index in [0.29, 0.717) is 23.5 Å². The fourth-order valence-electron chi connectivity index (χ4n) is 2.06. The molecule has 0 unspecified atom stereocenters. The van der Waals surface area contributed by atoms with Crippen molar-refractivity contribution in [1.29, 1.82) is 0 Å². The van der Waals surface area contributed by atoms with Crippen molar-refractivity contribution < 1.29 is 14.3 Å². The minimum atomic E-state index is -0.187. The van der Waals surface area contributed by atoms with E-state index in [9.17, 15) is 9.59 Å². The molecule has 1 aromatic carbocycles. The lowest BCUT2D eigenvalue weighted by Crippen LogP contribution is -2.26. The zero-order valence-corrected chi connectivity index (χ0v) is 12.3. The van der Waals surface area contributed by atoms with Crippen molar-refractivity contribution >= 4 is 28.8 Å². The van der Waals surface area contributed by atoms with Gasteiger partial charge in [-0.1, -0.05) is 0 Å². The second kappa shape index (κ2) is 5.57. The SMILES string of the molecule is Cc1ccsc1CNC(=O)c1ccc2c(c1)OCC(=O)N2. The number of rotatable bonds is 3. The summed E-state index contributed by atoms with van der Waals surface area (Å²) in [4.78, 5) is 24.5. The van der Waals surface area contributed by atoms with Crippen LogP contribution in [-0.2, 0) is 11.3 Å². The van der Waals surface area contributed by atoms with Crippen LogP contribution in [0.1, 0.15) is 20.8 Å². The van der Waals surface area contributed by atoms with Crippen LogP contribution in [0.25, 0.3) is 0 Å². The lowest BCUT2D eigenvalue weighted by molar-refractivity contribution is -0.118. The topological polar surface area (TPSA) is 67.4 Å². The number of hydrogen-bond acceptors (Lipinski definition) is 4. The van der Waals surface area contributed by atoms with Gasteiger partial charge in [-0.05, 0) is 42.1 Å². The van der Waals surface area contributed by atoms with Gasteiger partial charge in [0, 0.05) is 10.4 Å². The predicted octanol–water partition coefficient (Wildman–Crippen LogP) is 2.32. The predicted molar refractivity (Wildman–Crippen MR) is 80.8 cm³/mol. The largest absolute Gasteiger partial charge is 0.482 e. The molecule has 0 bridgehead atoms. The number of nitrogens with one attached hydrogen (secondary N) is 2. The Bertz CT molecular complexity index is 709. The number of amides is 2. The molecule has 0 aliphatic carbocycles. The zero-order chi connectivity index (χ0) is 14.8. The van der Waals surface area contributed by atoms with E-state index in [-0.39, 0.29) is 18.4 Å². The first-order valence-electron chi connectivity index (χ1n) is 6.51. The number of anilines is 1. The number of fused-ring (bicyclic) bond motifs is 1. The Balaban J connectivity index is 1.70. The lowest BCUT2D eigenvalue weighted by Gasteiger charge is -2.18. The average molecular weight is 302 g/mol. The van der Waals surface area contributed by atoms with E-state index in [1.807, 2.05) is 18.4 Å². The van der Waals surface area contributed by atoms with Gasteiger partial charge in [0.25, 0.3) is 11.8 Å². The molecule has 3 rings (SSSR count). The van der Waals surface area contributed by atoms with Gasteiger partial charge >= 0.3 is 0 Å². The molecule has 2 N–H and O–H groups in total. The van der Waals surface area contributed by atoms with Crippen molar-refractivity contribution in [3.63, 3.8) is 0 Å². The van der Waals surface area contributed by atoms with E-state index >= 15 is 0 Å². The van der Waals surface area contributed by atoms with Crippen LogP contribution >= 0.6 is 11.3 Å². The van der Waals surface area contributed by atoms with Gasteiger partial charge < -0.3 is 15.4 Å². The van der Waals surface area contributed by atoms with Crippen LogP contribution in [0.5, 0.6) is 5.75 Å². The van der Waals surface area contributed by atoms with Gasteiger partial charge in [0.1, 0.15) is 5.75 Å². The third kappa shape index (κ3) is 2.90. The minimum absolute atomic E-state index is 0.0214.